The van der Waals surface area contributed by atoms with Crippen LogP contribution in [0.4, 0.5) is 10.1 Å². The zero-order valence-electron chi connectivity index (χ0n) is 17.1. The summed E-state index contributed by atoms with van der Waals surface area (Å²) in [5, 5.41) is 6.55. The maximum Gasteiger partial charge on any atom is 0.345 e. The fourth-order valence-electron chi connectivity index (χ4n) is 3.18. The first kappa shape index (κ1) is 22.2. The van der Waals surface area contributed by atoms with E-state index in [0.29, 0.717) is 10.5 Å². The van der Waals surface area contributed by atoms with Crippen LogP contribution in [0.1, 0.15) is 11.8 Å². The van der Waals surface area contributed by atoms with Crippen molar-refractivity contribution in [2.24, 2.45) is 11.4 Å². The Hall–Kier alpha value is -3.02. The Balaban J connectivity index is 1.72. The van der Waals surface area contributed by atoms with E-state index in [0.717, 1.165) is 20.8 Å². The van der Waals surface area contributed by atoms with Gasteiger partial charge in [0.2, 0.25) is 0 Å². The molecule has 166 valence electrons. The molecule has 4 rings (SSSR count). The summed E-state index contributed by atoms with van der Waals surface area (Å²) in [4.78, 5) is 14.5. The van der Waals surface area contributed by atoms with Crippen LogP contribution in [0, 0.1) is 5.82 Å². The molecule has 0 saturated heterocycles. The van der Waals surface area contributed by atoms with Gasteiger partial charge in [0.05, 0.1) is 16.1 Å². The Morgan fingerprint density at radius 1 is 1.19 bits per heavy atom. The van der Waals surface area contributed by atoms with Crippen LogP contribution in [0.25, 0.3) is 10.4 Å². The highest BCUT2D eigenvalue weighted by Gasteiger charge is 2.34. The maximum atomic E-state index is 13.4. The molecule has 0 saturated carbocycles. The third-order valence-corrected chi connectivity index (χ3v) is 7.52. The summed E-state index contributed by atoms with van der Waals surface area (Å²) >= 11 is 7.12. The lowest BCUT2D eigenvalue weighted by Gasteiger charge is -2.26. The van der Waals surface area contributed by atoms with Crippen molar-refractivity contribution in [2.75, 3.05) is 12.4 Å². The summed E-state index contributed by atoms with van der Waals surface area (Å²) in [6.45, 7) is 1.63. The smallest absolute Gasteiger partial charge is 0.321 e. The minimum absolute atomic E-state index is 0.0909. The lowest BCUT2D eigenvalue weighted by Crippen LogP contribution is -2.37. The highest BCUT2D eigenvalue weighted by molar-refractivity contribution is 7.88. The van der Waals surface area contributed by atoms with E-state index in [9.17, 15) is 17.6 Å². The van der Waals surface area contributed by atoms with Gasteiger partial charge in [-0.05, 0) is 37.3 Å². The minimum atomic E-state index is -4.14. The molecule has 1 aliphatic rings. The number of hydrogen-bond acceptors (Lipinski definition) is 5. The summed E-state index contributed by atoms with van der Waals surface area (Å²) in [6.07, 6.45) is 3.55. The lowest BCUT2D eigenvalue weighted by atomic mass is 10.1. The summed E-state index contributed by atoms with van der Waals surface area (Å²) < 4.78 is 45.2. The first-order valence-electron chi connectivity index (χ1n) is 9.22. The fraction of sp³-hybridized carbons (Fsp3) is 0.150. The van der Waals surface area contributed by atoms with E-state index in [4.69, 9.17) is 11.6 Å². The number of thiophene rings is 1. The van der Waals surface area contributed by atoms with Crippen LogP contribution >= 0.6 is 22.9 Å². The van der Waals surface area contributed by atoms with Crippen LogP contribution in [0.5, 0.6) is 0 Å². The largest absolute Gasteiger partial charge is 0.345 e. The van der Waals surface area contributed by atoms with Crippen LogP contribution < -0.4 is 5.32 Å². The lowest BCUT2D eigenvalue weighted by molar-refractivity contribution is -0.113. The third kappa shape index (κ3) is 4.06. The molecule has 1 amide bonds. The number of allylic oxidation sites excluding steroid dienone is 1. The molecule has 3 aromatic rings. The molecule has 0 fully saturated rings. The van der Waals surface area contributed by atoms with Crippen molar-refractivity contribution in [1.29, 1.82) is 0 Å². The van der Waals surface area contributed by atoms with Gasteiger partial charge in [-0.3, -0.25) is 9.48 Å². The van der Waals surface area contributed by atoms with E-state index in [1.807, 2.05) is 12.3 Å². The Morgan fingerprint density at radius 2 is 1.91 bits per heavy atom. The minimum Gasteiger partial charge on any atom is -0.321 e. The molecule has 0 unspecified atom stereocenters. The molecule has 12 heteroatoms. The first-order chi connectivity index (χ1) is 15.1. The van der Waals surface area contributed by atoms with Gasteiger partial charge in [0, 0.05) is 42.0 Å². The number of aryl methyl sites for hydroxylation is 1. The zero-order chi connectivity index (χ0) is 23.2. The molecule has 32 heavy (non-hydrogen) atoms. The standard InChI is InChI=1S/C20H17ClFN5O3S2/c1-11-18(17-7-6-16(31-17)12-9-23-26(2)10-12)25-32(29,30)27(3)19(11)20(28)24-13-4-5-15(22)14(21)8-13/h4-10H,1-3H3,(H,24,28). The number of halogens is 2. The third-order valence-electron chi connectivity index (χ3n) is 4.80. The number of benzene rings is 1. The van der Waals surface area contributed by atoms with Gasteiger partial charge in [0.25, 0.3) is 5.91 Å². The second-order valence-corrected chi connectivity index (χ2v) is 10.1. The number of carbonyl (C=O) groups excluding carboxylic acids is 1. The van der Waals surface area contributed by atoms with E-state index in [1.165, 1.54) is 30.5 Å². The average Bonchev–Trinajstić information content (AvgIpc) is 3.37. The van der Waals surface area contributed by atoms with Crippen molar-refractivity contribution in [3.63, 3.8) is 0 Å². The van der Waals surface area contributed by atoms with E-state index < -0.39 is 21.9 Å². The Labute approximate surface area is 192 Å². The highest BCUT2D eigenvalue weighted by atomic mass is 35.5. The van der Waals surface area contributed by atoms with Crippen molar-refractivity contribution in [1.82, 2.24) is 14.1 Å². The molecule has 0 radical (unpaired) electrons. The molecule has 0 spiro atoms. The Kier molecular flexibility index (Phi) is 5.65. The number of nitrogens with one attached hydrogen (secondary N) is 1. The van der Waals surface area contributed by atoms with Crippen molar-refractivity contribution in [3.8, 4) is 10.4 Å². The number of likely N-dealkylation sites (N-methyl/N-ethyl adjacent to an activating group) is 1. The highest BCUT2D eigenvalue weighted by Crippen LogP contribution is 2.33. The van der Waals surface area contributed by atoms with Crippen LogP contribution in [0.15, 0.2) is 58.4 Å². The van der Waals surface area contributed by atoms with Gasteiger partial charge in [-0.2, -0.15) is 13.5 Å². The molecule has 1 aromatic carbocycles. The molecule has 3 heterocycles. The van der Waals surface area contributed by atoms with Crippen molar-refractivity contribution < 1.29 is 17.6 Å². The molecule has 1 aliphatic heterocycles. The van der Waals surface area contributed by atoms with Gasteiger partial charge in [-0.15, -0.1) is 15.7 Å². The molecular formula is C20H17ClFN5O3S2. The number of amides is 1. The number of nitrogens with zero attached hydrogens (tertiary/aromatic N) is 4. The molecule has 1 N–H and O–H groups in total. The summed E-state index contributed by atoms with van der Waals surface area (Å²) in [6, 6.07) is 7.29. The molecule has 2 aromatic heterocycles. The van der Waals surface area contributed by atoms with Crippen molar-refractivity contribution in [3.05, 3.63) is 69.7 Å². The molecule has 0 aliphatic carbocycles. The summed E-state index contributed by atoms with van der Waals surface area (Å²) in [7, 11) is -1.08. The number of hydrogen-bond donors (Lipinski definition) is 1. The second kappa shape index (κ2) is 8.15. The quantitative estimate of drug-likeness (QED) is 0.597. The number of carbonyl (C=O) groups is 1. The van der Waals surface area contributed by atoms with Gasteiger partial charge >= 0.3 is 10.2 Å². The van der Waals surface area contributed by atoms with Gasteiger partial charge < -0.3 is 5.32 Å². The zero-order valence-corrected chi connectivity index (χ0v) is 19.5. The SMILES string of the molecule is CC1=C(C(=O)Nc2ccc(F)c(Cl)c2)N(C)S(=O)(=O)N=C1c1ccc(-c2cnn(C)c2)s1. The molecule has 0 bridgehead atoms. The van der Waals surface area contributed by atoms with Crippen LogP contribution in [-0.4, -0.2) is 41.2 Å². The van der Waals surface area contributed by atoms with Gasteiger partial charge in [0.15, 0.2) is 0 Å². The summed E-state index contributed by atoms with van der Waals surface area (Å²) in [5.41, 5.74) is 1.59. The van der Waals surface area contributed by atoms with Gasteiger partial charge in [0.1, 0.15) is 17.2 Å². The average molecular weight is 494 g/mol. The monoisotopic (exact) mass is 493 g/mol. The maximum absolute atomic E-state index is 13.4. The number of rotatable bonds is 4. The van der Waals surface area contributed by atoms with Crippen LogP contribution in [0.2, 0.25) is 5.02 Å². The first-order valence-corrected chi connectivity index (χ1v) is 11.8. The van der Waals surface area contributed by atoms with E-state index in [2.05, 4.69) is 14.8 Å². The molecular weight excluding hydrogens is 477 g/mol. The Morgan fingerprint density at radius 3 is 2.56 bits per heavy atom. The second-order valence-electron chi connectivity index (χ2n) is 7.01. The van der Waals surface area contributed by atoms with E-state index in [1.54, 1.807) is 30.9 Å². The van der Waals surface area contributed by atoms with E-state index >= 15 is 0 Å². The summed E-state index contributed by atoms with van der Waals surface area (Å²) in [5.74, 6) is -1.32. The van der Waals surface area contributed by atoms with Crippen molar-refractivity contribution >= 4 is 50.5 Å². The van der Waals surface area contributed by atoms with Gasteiger partial charge in [-0.25, -0.2) is 8.70 Å². The Bertz CT molecular complexity index is 1410. The van der Waals surface area contributed by atoms with Crippen LogP contribution in [0.3, 0.4) is 0 Å². The van der Waals surface area contributed by atoms with Gasteiger partial charge in [-0.1, -0.05) is 11.6 Å². The molecule has 0 atom stereocenters. The normalized spacial score (nSPS) is 15.7. The number of anilines is 1. The van der Waals surface area contributed by atoms with Crippen molar-refractivity contribution in [2.45, 2.75) is 6.92 Å². The predicted octanol–water partition coefficient (Wildman–Crippen LogP) is 3.83. The topological polar surface area (TPSA) is 96.7 Å². The molecule has 8 nitrogen and oxygen atoms in total. The predicted molar refractivity (Wildman–Crippen MR) is 122 cm³/mol. The number of aromatic nitrogens is 2. The van der Waals surface area contributed by atoms with E-state index in [-0.39, 0.29) is 22.1 Å². The van der Waals surface area contributed by atoms with Crippen LogP contribution in [-0.2, 0) is 22.1 Å². The fourth-order valence-corrected chi connectivity index (χ4v) is 5.49.